The SMILES string of the molecule is CNc1ccc2c(=O)onc(C)c2c1. The van der Waals surface area contributed by atoms with Crippen LogP contribution in [-0.4, -0.2) is 12.2 Å². The van der Waals surface area contributed by atoms with E-state index in [2.05, 4.69) is 15.0 Å². The van der Waals surface area contributed by atoms with E-state index in [4.69, 9.17) is 0 Å². The third kappa shape index (κ3) is 1.25. The van der Waals surface area contributed by atoms with Crippen LogP contribution in [0.4, 0.5) is 5.69 Å². The maximum Gasteiger partial charge on any atom is 0.366 e. The third-order valence-electron chi connectivity index (χ3n) is 2.18. The Bertz CT molecular complexity index is 531. The van der Waals surface area contributed by atoms with Crippen molar-refractivity contribution in [3.63, 3.8) is 0 Å². The smallest absolute Gasteiger partial charge is 0.366 e. The van der Waals surface area contributed by atoms with Gasteiger partial charge in [-0.3, -0.25) is 0 Å². The molecule has 1 N–H and O–H groups in total. The van der Waals surface area contributed by atoms with Gasteiger partial charge in [0.25, 0.3) is 0 Å². The van der Waals surface area contributed by atoms with Crippen LogP contribution < -0.4 is 10.9 Å². The van der Waals surface area contributed by atoms with Crippen LogP contribution in [0.2, 0.25) is 0 Å². The molecule has 0 saturated heterocycles. The monoisotopic (exact) mass is 190 g/mol. The molecule has 4 nitrogen and oxygen atoms in total. The molecule has 0 radical (unpaired) electrons. The van der Waals surface area contributed by atoms with Crippen molar-refractivity contribution in [2.75, 3.05) is 12.4 Å². The van der Waals surface area contributed by atoms with Crippen LogP contribution in [0.5, 0.6) is 0 Å². The van der Waals surface area contributed by atoms with Crippen LogP contribution in [0.1, 0.15) is 5.69 Å². The second-order valence-corrected chi connectivity index (χ2v) is 3.07. The van der Waals surface area contributed by atoms with Crippen LogP contribution in [-0.2, 0) is 0 Å². The van der Waals surface area contributed by atoms with Crippen LogP contribution >= 0.6 is 0 Å². The average Bonchev–Trinajstić information content (AvgIpc) is 2.23. The van der Waals surface area contributed by atoms with Gasteiger partial charge in [-0.15, -0.1) is 0 Å². The number of rotatable bonds is 1. The minimum atomic E-state index is -0.395. The van der Waals surface area contributed by atoms with Gasteiger partial charge in [0.15, 0.2) is 0 Å². The molecule has 0 bridgehead atoms. The molecule has 0 aliphatic heterocycles. The average molecular weight is 190 g/mol. The lowest BCUT2D eigenvalue weighted by atomic mass is 10.1. The molecule has 0 atom stereocenters. The predicted molar refractivity (Wildman–Crippen MR) is 54.6 cm³/mol. The maximum atomic E-state index is 11.3. The zero-order chi connectivity index (χ0) is 10.1. The van der Waals surface area contributed by atoms with E-state index in [0.29, 0.717) is 5.39 Å². The topological polar surface area (TPSA) is 55.1 Å². The second kappa shape index (κ2) is 3.14. The number of nitrogens with zero attached hydrogens (tertiary/aromatic N) is 1. The van der Waals surface area contributed by atoms with E-state index in [1.807, 2.05) is 26.1 Å². The fourth-order valence-electron chi connectivity index (χ4n) is 1.39. The van der Waals surface area contributed by atoms with Crippen LogP contribution in [0.25, 0.3) is 10.8 Å². The first-order valence-corrected chi connectivity index (χ1v) is 4.30. The first kappa shape index (κ1) is 8.74. The summed E-state index contributed by atoms with van der Waals surface area (Å²) >= 11 is 0. The second-order valence-electron chi connectivity index (χ2n) is 3.07. The molecule has 0 unspecified atom stereocenters. The summed E-state index contributed by atoms with van der Waals surface area (Å²) in [6.07, 6.45) is 0. The van der Waals surface area contributed by atoms with Crippen molar-refractivity contribution in [1.82, 2.24) is 5.16 Å². The van der Waals surface area contributed by atoms with Gasteiger partial charge in [0.2, 0.25) is 0 Å². The molecule has 2 rings (SSSR count). The molecule has 72 valence electrons. The minimum Gasteiger partial charge on any atom is -0.388 e. The van der Waals surface area contributed by atoms with Gasteiger partial charge in [-0.2, -0.15) is 0 Å². The first-order valence-electron chi connectivity index (χ1n) is 4.30. The fraction of sp³-hybridized carbons (Fsp3) is 0.200. The van der Waals surface area contributed by atoms with E-state index >= 15 is 0 Å². The van der Waals surface area contributed by atoms with Gasteiger partial charge in [0.1, 0.15) is 0 Å². The van der Waals surface area contributed by atoms with Crippen LogP contribution in [0, 0.1) is 6.92 Å². The number of nitrogens with one attached hydrogen (secondary N) is 1. The molecule has 4 heteroatoms. The molecule has 2 aromatic rings. The number of benzene rings is 1. The molecule has 0 amide bonds. The first-order chi connectivity index (χ1) is 6.72. The normalized spacial score (nSPS) is 10.4. The van der Waals surface area contributed by atoms with Gasteiger partial charge in [0, 0.05) is 18.1 Å². The molecule has 1 aromatic carbocycles. The summed E-state index contributed by atoms with van der Waals surface area (Å²) in [6, 6.07) is 5.45. The van der Waals surface area contributed by atoms with E-state index < -0.39 is 5.63 Å². The highest BCUT2D eigenvalue weighted by molar-refractivity contribution is 5.86. The molecule has 0 aliphatic rings. The Labute approximate surface area is 80.5 Å². The van der Waals surface area contributed by atoms with Crippen molar-refractivity contribution in [3.05, 3.63) is 34.3 Å². The van der Waals surface area contributed by atoms with Gasteiger partial charge in [-0.25, -0.2) is 4.79 Å². The van der Waals surface area contributed by atoms with Crippen molar-refractivity contribution in [3.8, 4) is 0 Å². The summed E-state index contributed by atoms with van der Waals surface area (Å²) in [6.45, 7) is 1.81. The van der Waals surface area contributed by atoms with E-state index in [-0.39, 0.29) is 0 Å². The molecule has 1 aromatic heterocycles. The number of hydrogen-bond donors (Lipinski definition) is 1. The Kier molecular flexibility index (Phi) is 1.96. The van der Waals surface area contributed by atoms with Crippen molar-refractivity contribution < 1.29 is 4.52 Å². The highest BCUT2D eigenvalue weighted by atomic mass is 16.5. The minimum absolute atomic E-state index is 0.395. The van der Waals surface area contributed by atoms with Crippen LogP contribution in [0.15, 0.2) is 27.5 Å². The largest absolute Gasteiger partial charge is 0.388 e. The van der Waals surface area contributed by atoms with Gasteiger partial charge < -0.3 is 9.84 Å². The summed E-state index contributed by atoms with van der Waals surface area (Å²) in [4.78, 5) is 11.3. The van der Waals surface area contributed by atoms with Gasteiger partial charge in [-0.05, 0) is 25.1 Å². The Hall–Kier alpha value is -1.84. The van der Waals surface area contributed by atoms with E-state index in [1.54, 1.807) is 6.07 Å². The lowest BCUT2D eigenvalue weighted by molar-refractivity contribution is 0.371. The molecular weight excluding hydrogens is 180 g/mol. The van der Waals surface area contributed by atoms with E-state index in [1.165, 1.54) is 0 Å². The molecular formula is C10H10N2O2. The highest BCUT2D eigenvalue weighted by Gasteiger charge is 2.04. The number of hydrogen-bond acceptors (Lipinski definition) is 4. The lowest BCUT2D eigenvalue weighted by Crippen LogP contribution is -2.03. The molecule has 0 spiro atoms. The quantitative estimate of drug-likeness (QED) is 0.741. The number of anilines is 1. The number of aromatic nitrogens is 1. The standard InChI is InChI=1S/C10H10N2O2/c1-6-9-5-7(11-2)3-4-8(9)10(13)14-12-6/h3-5,11H,1-2H3. The number of fused-ring (bicyclic) bond motifs is 1. The van der Waals surface area contributed by atoms with Gasteiger partial charge >= 0.3 is 5.63 Å². The predicted octanol–water partition coefficient (Wildman–Crippen LogP) is 1.54. The fourth-order valence-corrected chi connectivity index (χ4v) is 1.39. The molecule has 0 aliphatic carbocycles. The maximum absolute atomic E-state index is 11.3. The van der Waals surface area contributed by atoms with Crippen molar-refractivity contribution >= 4 is 16.5 Å². The van der Waals surface area contributed by atoms with Crippen molar-refractivity contribution in [2.24, 2.45) is 0 Å². The molecule has 0 fully saturated rings. The lowest BCUT2D eigenvalue weighted by Gasteiger charge is -2.02. The van der Waals surface area contributed by atoms with Gasteiger partial charge in [0.05, 0.1) is 11.1 Å². The van der Waals surface area contributed by atoms with Crippen molar-refractivity contribution in [2.45, 2.75) is 6.92 Å². The number of aryl methyl sites for hydroxylation is 1. The summed E-state index contributed by atoms with van der Waals surface area (Å²) < 4.78 is 4.62. The molecule has 14 heavy (non-hydrogen) atoms. The zero-order valence-electron chi connectivity index (χ0n) is 8.00. The Morgan fingerprint density at radius 2 is 2.14 bits per heavy atom. The highest BCUT2D eigenvalue weighted by Crippen LogP contribution is 2.17. The third-order valence-corrected chi connectivity index (χ3v) is 2.18. The van der Waals surface area contributed by atoms with Crippen LogP contribution in [0.3, 0.4) is 0 Å². The Morgan fingerprint density at radius 1 is 1.36 bits per heavy atom. The Balaban J connectivity index is 2.87. The van der Waals surface area contributed by atoms with Crippen molar-refractivity contribution in [1.29, 1.82) is 0 Å². The molecule has 1 heterocycles. The zero-order valence-corrected chi connectivity index (χ0v) is 8.00. The molecule has 0 saturated carbocycles. The Morgan fingerprint density at radius 3 is 2.86 bits per heavy atom. The summed E-state index contributed by atoms with van der Waals surface area (Å²) in [5.74, 6) is 0. The summed E-state index contributed by atoms with van der Waals surface area (Å²) in [5, 5.41) is 8.07. The van der Waals surface area contributed by atoms with E-state index in [0.717, 1.165) is 16.8 Å². The van der Waals surface area contributed by atoms with E-state index in [9.17, 15) is 4.79 Å². The van der Waals surface area contributed by atoms with Gasteiger partial charge in [-0.1, -0.05) is 5.16 Å². The summed E-state index contributed by atoms with van der Waals surface area (Å²) in [7, 11) is 1.83. The summed E-state index contributed by atoms with van der Waals surface area (Å²) in [5.41, 5.74) is 1.28.